The molecular weight excluding hydrogens is 508 g/mol. The first-order valence-electron chi connectivity index (χ1n) is 13.4. The number of thioether (sulfide) groups is 1. The number of amides is 3. The van der Waals surface area contributed by atoms with Gasteiger partial charge in [0.1, 0.15) is 12.0 Å². The van der Waals surface area contributed by atoms with Crippen LogP contribution in [0.1, 0.15) is 33.1 Å². The van der Waals surface area contributed by atoms with E-state index < -0.39 is 0 Å². The Balaban J connectivity index is 1.71. The van der Waals surface area contributed by atoms with Crippen LogP contribution >= 0.6 is 11.8 Å². The van der Waals surface area contributed by atoms with Crippen LogP contribution < -0.4 is 43.2 Å². The Labute approximate surface area is 229 Å². The highest BCUT2D eigenvalue weighted by atomic mass is 32.2. The molecule has 0 saturated carbocycles. The van der Waals surface area contributed by atoms with Crippen molar-refractivity contribution in [3.8, 4) is 0 Å². The van der Waals surface area contributed by atoms with Gasteiger partial charge in [-0.1, -0.05) is 6.92 Å². The van der Waals surface area contributed by atoms with E-state index in [1.54, 1.807) is 25.1 Å². The minimum absolute atomic E-state index is 0.0756. The lowest BCUT2D eigenvalue weighted by Crippen LogP contribution is -2.50. The summed E-state index contributed by atoms with van der Waals surface area (Å²) < 4.78 is 11.1. The summed E-state index contributed by atoms with van der Waals surface area (Å²) in [4.78, 5) is 24.4. The average molecular weight is 553 g/mol. The fourth-order valence-corrected chi connectivity index (χ4v) is 6.07. The summed E-state index contributed by atoms with van der Waals surface area (Å²) in [5, 5.41) is 21.8. The number of methoxy groups -OCH3 is 1. The zero-order valence-electron chi connectivity index (χ0n) is 22.6. The van der Waals surface area contributed by atoms with Crippen LogP contribution in [0.5, 0.6) is 0 Å². The molecule has 3 rings (SSSR count). The van der Waals surface area contributed by atoms with E-state index in [2.05, 4.69) is 55.7 Å². The molecule has 9 N–H and O–H groups in total. The van der Waals surface area contributed by atoms with Gasteiger partial charge in [0, 0.05) is 56.6 Å². The molecule has 0 aromatic carbocycles. The Morgan fingerprint density at radius 3 is 2.84 bits per heavy atom. The summed E-state index contributed by atoms with van der Waals surface area (Å²) in [6.07, 6.45) is 6.10. The van der Waals surface area contributed by atoms with Crippen LogP contribution in [0.25, 0.3) is 0 Å². The fraction of sp³-hybridized carbons (Fsp3) is 0.680. The van der Waals surface area contributed by atoms with Gasteiger partial charge in [0.2, 0.25) is 0 Å². The number of carbonyl (C=O) groups is 2. The molecule has 0 aliphatic carbocycles. The second kappa shape index (κ2) is 15.8. The number of hydrazine groups is 1. The van der Waals surface area contributed by atoms with Gasteiger partial charge in [-0.15, -0.1) is 11.8 Å². The normalized spacial score (nSPS) is 25.5. The maximum Gasteiger partial charge on any atom is 0.320 e. The highest BCUT2D eigenvalue weighted by Gasteiger charge is 2.40. The lowest BCUT2D eigenvalue weighted by molar-refractivity contribution is -0.118. The van der Waals surface area contributed by atoms with E-state index in [9.17, 15) is 9.59 Å². The van der Waals surface area contributed by atoms with Crippen molar-refractivity contribution in [3.63, 3.8) is 0 Å². The van der Waals surface area contributed by atoms with E-state index in [1.807, 2.05) is 6.92 Å². The molecule has 0 radical (unpaired) electrons. The third kappa shape index (κ3) is 8.80. The van der Waals surface area contributed by atoms with E-state index in [0.717, 1.165) is 25.2 Å². The molecule has 13 heteroatoms. The molecule has 0 fully saturated rings. The van der Waals surface area contributed by atoms with Crippen molar-refractivity contribution in [2.24, 2.45) is 23.6 Å². The Kier molecular flexibility index (Phi) is 12.5. The number of nitrogens with one attached hydrogen (secondary N) is 7. The van der Waals surface area contributed by atoms with Crippen molar-refractivity contribution in [1.82, 2.24) is 37.3 Å². The molecule has 3 aliphatic heterocycles. The van der Waals surface area contributed by atoms with Crippen molar-refractivity contribution in [2.75, 3.05) is 46.5 Å². The SMILES string of the molecule is CCCNC(CC1=CSC(C2C=C(NC(=O)NCC)NCC2C2CNC=C(C(=O)NN)C2)N1)OCCOC. The number of hydrogen-bond acceptors (Lipinski definition) is 10. The van der Waals surface area contributed by atoms with Gasteiger partial charge < -0.3 is 30.7 Å². The quantitative estimate of drug-likeness (QED) is 0.0496. The lowest BCUT2D eigenvalue weighted by atomic mass is 9.75. The molecule has 3 amide bonds. The molecule has 214 valence electrons. The van der Waals surface area contributed by atoms with Crippen LogP contribution in [-0.2, 0) is 14.3 Å². The smallest absolute Gasteiger partial charge is 0.320 e. The van der Waals surface area contributed by atoms with Gasteiger partial charge in [-0.05, 0) is 49.6 Å². The standard InChI is InChI=1S/C25H44N8O4S/c1-4-6-29-22(37-8-7-36-3)10-18-15-38-24(31-18)19-11-21(32-25(35)28-5-2)30-14-20(19)16-9-17(13-27-12-16)23(34)33-26/h11,13,15-16,19-20,22,24,27,29-31H,4-10,12,14,26H2,1-3H3,(H,33,34)(H2,28,32,35). The summed E-state index contributed by atoms with van der Waals surface area (Å²) in [6, 6.07) is -0.239. The maximum absolute atomic E-state index is 12.2. The molecule has 12 nitrogen and oxygen atoms in total. The summed E-state index contributed by atoms with van der Waals surface area (Å²) in [5.41, 5.74) is 3.99. The van der Waals surface area contributed by atoms with E-state index in [0.29, 0.717) is 50.5 Å². The van der Waals surface area contributed by atoms with Crippen LogP contribution in [-0.4, -0.2) is 70.0 Å². The van der Waals surface area contributed by atoms with E-state index in [1.165, 1.54) is 0 Å². The molecule has 38 heavy (non-hydrogen) atoms. The number of nitrogens with two attached hydrogens (primary N) is 1. The van der Waals surface area contributed by atoms with E-state index >= 15 is 0 Å². The average Bonchev–Trinajstić information content (AvgIpc) is 3.39. The van der Waals surface area contributed by atoms with Crippen LogP contribution in [0, 0.1) is 17.8 Å². The highest BCUT2D eigenvalue weighted by Crippen LogP contribution is 2.39. The van der Waals surface area contributed by atoms with E-state index in [4.69, 9.17) is 15.3 Å². The van der Waals surface area contributed by atoms with Crippen LogP contribution in [0.3, 0.4) is 0 Å². The summed E-state index contributed by atoms with van der Waals surface area (Å²) >= 11 is 1.75. The number of ether oxygens (including phenoxy) is 2. The third-order valence-electron chi connectivity index (χ3n) is 6.80. The molecular formula is C25H44N8O4S. The van der Waals surface area contributed by atoms with E-state index in [-0.39, 0.29) is 41.3 Å². The van der Waals surface area contributed by atoms with Gasteiger partial charge in [-0.2, -0.15) is 0 Å². The van der Waals surface area contributed by atoms with Gasteiger partial charge in [0.25, 0.3) is 5.91 Å². The Hall–Kier alpha value is -2.45. The minimum Gasteiger partial charge on any atom is -0.390 e. The maximum atomic E-state index is 12.2. The van der Waals surface area contributed by atoms with Crippen molar-refractivity contribution >= 4 is 23.7 Å². The Morgan fingerprint density at radius 2 is 2.11 bits per heavy atom. The predicted octanol–water partition coefficient (Wildman–Crippen LogP) is 0.349. The minimum atomic E-state index is -0.270. The zero-order valence-corrected chi connectivity index (χ0v) is 23.4. The largest absolute Gasteiger partial charge is 0.390 e. The second-order valence-electron chi connectivity index (χ2n) is 9.56. The molecule has 3 aliphatic rings. The number of hydrogen-bond donors (Lipinski definition) is 8. The topological polar surface area (TPSA) is 163 Å². The summed E-state index contributed by atoms with van der Waals surface area (Å²) in [7, 11) is 1.67. The molecule has 0 spiro atoms. The molecule has 5 atom stereocenters. The summed E-state index contributed by atoms with van der Waals surface area (Å²) in [5.74, 6) is 6.32. The Bertz CT molecular complexity index is 883. The number of urea groups is 1. The second-order valence-corrected chi connectivity index (χ2v) is 10.6. The van der Waals surface area contributed by atoms with Gasteiger partial charge >= 0.3 is 6.03 Å². The number of carbonyl (C=O) groups excluding carboxylic acids is 2. The molecule has 0 bridgehead atoms. The first-order chi connectivity index (χ1) is 18.5. The van der Waals surface area contributed by atoms with Gasteiger partial charge in [0.05, 0.1) is 18.6 Å². The van der Waals surface area contributed by atoms with Crippen molar-refractivity contribution < 1.29 is 19.1 Å². The Morgan fingerprint density at radius 1 is 1.26 bits per heavy atom. The van der Waals surface area contributed by atoms with Crippen LogP contribution in [0.4, 0.5) is 4.79 Å². The molecule has 3 heterocycles. The molecule has 5 unspecified atom stereocenters. The van der Waals surface area contributed by atoms with Crippen LogP contribution in [0.2, 0.25) is 0 Å². The van der Waals surface area contributed by atoms with Gasteiger partial charge in [0.15, 0.2) is 0 Å². The predicted molar refractivity (Wildman–Crippen MR) is 149 cm³/mol. The number of rotatable bonds is 14. The summed E-state index contributed by atoms with van der Waals surface area (Å²) in [6.45, 7) is 7.93. The third-order valence-corrected chi connectivity index (χ3v) is 7.95. The fourth-order valence-electron chi connectivity index (χ4n) is 4.91. The first kappa shape index (κ1) is 30.1. The first-order valence-corrected chi connectivity index (χ1v) is 14.3. The zero-order chi connectivity index (χ0) is 27.3. The molecule has 0 aromatic rings. The monoisotopic (exact) mass is 552 g/mol. The molecule has 0 saturated heterocycles. The van der Waals surface area contributed by atoms with Crippen LogP contribution in [0.15, 0.2) is 34.8 Å². The highest BCUT2D eigenvalue weighted by molar-refractivity contribution is 8.03. The van der Waals surface area contributed by atoms with Crippen molar-refractivity contribution in [1.29, 1.82) is 0 Å². The van der Waals surface area contributed by atoms with Gasteiger partial charge in [-0.25, -0.2) is 10.6 Å². The van der Waals surface area contributed by atoms with Crippen molar-refractivity contribution in [3.05, 3.63) is 34.8 Å². The molecule has 0 aromatic heterocycles. The van der Waals surface area contributed by atoms with Gasteiger partial charge in [-0.3, -0.25) is 20.9 Å². The van der Waals surface area contributed by atoms with Crippen molar-refractivity contribution in [2.45, 2.75) is 44.7 Å². The lowest BCUT2D eigenvalue weighted by Gasteiger charge is -2.40.